The van der Waals surface area contributed by atoms with Gasteiger partial charge in [0.1, 0.15) is 5.82 Å². The van der Waals surface area contributed by atoms with Crippen molar-refractivity contribution in [3.05, 3.63) is 47.5 Å². The minimum atomic E-state index is -0.955. The van der Waals surface area contributed by atoms with E-state index >= 15 is 0 Å². The number of piperidine rings is 1. The first-order valence-corrected chi connectivity index (χ1v) is 10.7. The third-order valence-corrected chi connectivity index (χ3v) is 6.43. The van der Waals surface area contributed by atoms with Gasteiger partial charge in [-0.2, -0.15) is 0 Å². The molecule has 2 heterocycles. The van der Waals surface area contributed by atoms with Crippen molar-refractivity contribution in [3.8, 4) is 11.4 Å². The lowest BCUT2D eigenvalue weighted by molar-refractivity contribution is 0.459. The highest BCUT2D eigenvalue weighted by Gasteiger charge is 2.19. The van der Waals surface area contributed by atoms with Crippen molar-refractivity contribution in [2.45, 2.75) is 30.6 Å². The van der Waals surface area contributed by atoms with E-state index in [0.717, 1.165) is 34.9 Å². The van der Waals surface area contributed by atoms with Gasteiger partial charge in [-0.15, -0.1) is 0 Å². The van der Waals surface area contributed by atoms with Crippen molar-refractivity contribution in [1.29, 1.82) is 0 Å². The number of nitrogens with one attached hydrogen (secondary N) is 1. The fourth-order valence-corrected chi connectivity index (χ4v) is 4.50. The molecule has 0 bridgehead atoms. The summed E-state index contributed by atoms with van der Waals surface area (Å²) in [4.78, 5) is 5.72. The first kappa shape index (κ1) is 17.4. The van der Waals surface area contributed by atoms with Gasteiger partial charge in [0.2, 0.25) is 0 Å². The van der Waals surface area contributed by atoms with Crippen molar-refractivity contribution >= 4 is 21.8 Å². The topological polar surface area (TPSA) is 46.9 Å². The van der Waals surface area contributed by atoms with Crippen molar-refractivity contribution in [3.63, 3.8) is 0 Å². The summed E-state index contributed by atoms with van der Waals surface area (Å²) in [7, 11) is 1.13. The van der Waals surface area contributed by atoms with Crippen LogP contribution in [0.1, 0.15) is 29.9 Å². The molecule has 2 aromatic carbocycles. The van der Waals surface area contributed by atoms with E-state index in [-0.39, 0.29) is 0 Å². The molecule has 4 rings (SSSR count). The molecule has 0 amide bonds. The number of nitrogens with zero attached hydrogens (tertiary/aromatic N) is 2. The molecule has 1 atom stereocenters. The van der Waals surface area contributed by atoms with E-state index in [1.807, 2.05) is 24.3 Å². The van der Waals surface area contributed by atoms with Gasteiger partial charge in [0.15, 0.2) is 0 Å². The number of rotatable bonds is 3. The molecule has 3 aromatic rings. The van der Waals surface area contributed by atoms with Gasteiger partial charge in [0, 0.05) is 34.6 Å². The summed E-state index contributed by atoms with van der Waals surface area (Å²) in [6.45, 7) is 4.41. The highest BCUT2D eigenvalue weighted by Crippen LogP contribution is 2.32. The van der Waals surface area contributed by atoms with E-state index in [1.165, 1.54) is 29.5 Å². The zero-order chi connectivity index (χ0) is 18.3. The van der Waals surface area contributed by atoms with E-state index in [0.29, 0.717) is 5.92 Å². The van der Waals surface area contributed by atoms with Crippen molar-refractivity contribution < 1.29 is 4.21 Å². The number of fused-ring (bicyclic) bond motifs is 1. The van der Waals surface area contributed by atoms with Crippen LogP contribution in [0.2, 0.25) is 0 Å². The van der Waals surface area contributed by atoms with Crippen LogP contribution in [0.3, 0.4) is 0 Å². The van der Waals surface area contributed by atoms with Crippen LogP contribution in [0.15, 0.2) is 41.3 Å². The van der Waals surface area contributed by atoms with Crippen LogP contribution in [0.5, 0.6) is 0 Å². The van der Waals surface area contributed by atoms with Gasteiger partial charge >= 0.3 is 0 Å². The quantitative estimate of drug-likeness (QED) is 0.767. The number of hydrogen-bond donors (Lipinski definition) is 1. The second-order valence-corrected chi connectivity index (χ2v) is 8.57. The maximum Gasteiger partial charge on any atom is 0.140 e. The SMILES string of the molecule is Cc1cc2nc(-c3ccc(S(C)=O)cc3)n(C)c2cc1C1CCNCC1. The van der Waals surface area contributed by atoms with E-state index in [4.69, 9.17) is 4.98 Å². The van der Waals surface area contributed by atoms with Gasteiger partial charge < -0.3 is 9.88 Å². The Labute approximate surface area is 157 Å². The van der Waals surface area contributed by atoms with Crippen LogP contribution in [0.25, 0.3) is 22.4 Å². The first-order valence-electron chi connectivity index (χ1n) is 9.16. The van der Waals surface area contributed by atoms with E-state index in [2.05, 4.69) is 36.0 Å². The highest BCUT2D eigenvalue weighted by molar-refractivity contribution is 7.84. The lowest BCUT2D eigenvalue weighted by Gasteiger charge is -2.24. The second kappa shape index (κ2) is 6.97. The average Bonchev–Trinajstić information content (AvgIpc) is 2.97. The summed E-state index contributed by atoms with van der Waals surface area (Å²) in [5.74, 6) is 1.59. The van der Waals surface area contributed by atoms with Crippen LogP contribution in [0, 0.1) is 6.92 Å². The molecule has 1 fully saturated rings. The third-order valence-electron chi connectivity index (χ3n) is 5.49. The monoisotopic (exact) mass is 367 g/mol. The Hall–Kier alpha value is -1.98. The Morgan fingerprint density at radius 3 is 2.50 bits per heavy atom. The van der Waals surface area contributed by atoms with Crippen LogP contribution < -0.4 is 5.32 Å². The van der Waals surface area contributed by atoms with E-state index in [1.54, 1.807) is 6.26 Å². The molecular weight excluding hydrogens is 342 g/mol. The van der Waals surface area contributed by atoms with Crippen LogP contribution >= 0.6 is 0 Å². The summed E-state index contributed by atoms with van der Waals surface area (Å²) in [5.41, 5.74) is 6.08. The van der Waals surface area contributed by atoms with Crippen molar-refractivity contribution in [2.75, 3.05) is 19.3 Å². The maximum atomic E-state index is 11.6. The maximum absolute atomic E-state index is 11.6. The lowest BCUT2D eigenvalue weighted by Crippen LogP contribution is -2.26. The Kier molecular flexibility index (Phi) is 4.67. The molecule has 0 aliphatic carbocycles. The minimum absolute atomic E-state index is 0.637. The molecule has 26 heavy (non-hydrogen) atoms. The smallest absolute Gasteiger partial charge is 0.140 e. The number of aryl methyl sites for hydroxylation is 2. The zero-order valence-electron chi connectivity index (χ0n) is 15.6. The Bertz CT molecular complexity index is 969. The molecule has 1 saturated heterocycles. The van der Waals surface area contributed by atoms with Gasteiger partial charge in [-0.05, 0) is 74.2 Å². The molecule has 0 radical (unpaired) electrons. The predicted molar refractivity (Wildman–Crippen MR) is 108 cm³/mol. The van der Waals surface area contributed by atoms with Crippen molar-refractivity contribution in [1.82, 2.24) is 14.9 Å². The number of hydrogen-bond acceptors (Lipinski definition) is 3. The molecule has 136 valence electrons. The normalized spacial score (nSPS) is 16.9. The summed E-state index contributed by atoms with van der Waals surface area (Å²) in [6, 6.07) is 12.4. The van der Waals surface area contributed by atoms with Crippen molar-refractivity contribution in [2.24, 2.45) is 7.05 Å². The molecule has 0 spiro atoms. The standard InChI is InChI=1S/C21H25N3OS/c1-14-12-19-20(13-18(14)15-8-10-22-11-9-15)24(2)21(23-19)16-4-6-17(7-5-16)26(3)25/h4-7,12-13,15,22H,8-11H2,1-3H3. The van der Waals surface area contributed by atoms with Gasteiger partial charge in [-0.1, -0.05) is 12.1 Å². The van der Waals surface area contributed by atoms with Gasteiger partial charge in [0.25, 0.3) is 0 Å². The summed E-state index contributed by atoms with van der Waals surface area (Å²) >= 11 is 0. The fourth-order valence-electron chi connectivity index (χ4n) is 3.99. The molecule has 0 saturated carbocycles. The molecule has 1 unspecified atom stereocenters. The molecule has 1 aliphatic rings. The molecule has 1 aliphatic heterocycles. The summed E-state index contributed by atoms with van der Waals surface area (Å²) < 4.78 is 13.8. The highest BCUT2D eigenvalue weighted by atomic mass is 32.2. The zero-order valence-corrected chi connectivity index (χ0v) is 16.4. The Balaban J connectivity index is 1.77. The van der Waals surface area contributed by atoms with E-state index < -0.39 is 10.8 Å². The Morgan fingerprint density at radius 2 is 1.85 bits per heavy atom. The fraction of sp³-hybridized carbons (Fsp3) is 0.381. The molecule has 1 aromatic heterocycles. The molecule has 4 nitrogen and oxygen atoms in total. The average molecular weight is 368 g/mol. The summed E-state index contributed by atoms with van der Waals surface area (Å²) in [6.07, 6.45) is 4.11. The second-order valence-electron chi connectivity index (χ2n) is 7.19. The summed E-state index contributed by atoms with van der Waals surface area (Å²) in [5, 5.41) is 3.45. The Morgan fingerprint density at radius 1 is 1.15 bits per heavy atom. The van der Waals surface area contributed by atoms with Gasteiger partial charge in [0.05, 0.1) is 11.0 Å². The van der Waals surface area contributed by atoms with Crippen LogP contribution in [-0.2, 0) is 17.8 Å². The van der Waals surface area contributed by atoms with Crippen LogP contribution in [0.4, 0.5) is 0 Å². The lowest BCUT2D eigenvalue weighted by atomic mass is 9.87. The minimum Gasteiger partial charge on any atom is -0.327 e. The predicted octanol–water partition coefficient (Wildman–Crippen LogP) is 3.75. The first-order chi connectivity index (χ1) is 12.5. The number of benzene rings is 2. The van der Waals surface area contributed by atoms with Crippen LogP contribution in [-0.4, -0.2) is 33.1 Å². The number of aromatic nitrogens is 2. The molecule has 5 heteroatoms. The number of imidazole rings is 1. The van der Waals surface area contributed by atoms with Gasteiger partial charge in [-0.3, -0.25) is 4.21 Å². The third kappa shape index (κ3) is 3.10. The molecular formula is C21H25N3OS. The largest absolute Gasteiger partial charge is 0.327 e. The van der Waals surface area contributed by atoms with Gasteiger partial charge in [-0.25, -0.2) is 4.98 Å². The molecule has 1 N–H and O–H groups in total. The van der Waals surface area contributed by atoms with E-state index in [9.17, 15) is 4.21 Å².